The van der Waals surface area contributed by atoms with Crippen molar-refractivity contribution in [2.75, 3.05) is 27.2 Å². The maximum Gasteiger partial charge on any atom is 0.230 e. The Kier molecular flexibility index (Phi) is 6.42. The number of carbonyl (C=O) groups excluding carboxylic acids is 1. The Morgan fingerprint density at radius 1 is 1.26 bits per heavy atom. The number of carbonyl (C=O) groups is 1. The Morgan fingerprint density at radius 2 is 2.00 bits per heavy atom. The van der Waals surface area contributed by atoms with Gasteiger partial charge in [-0.05, 0) is 37.2 Å². The lowest BCUT2D eigenvalue weighted by Gasteiger charge is -2.36. The van der Waals surface area contributed by atoms with Crippen LogP contribution in [0.15, 0.2) is 48.8 Å². The van der Waals surface area contributed by atoms with Gasteiger partial charge in [-0.2, -0.15) is 0 Å². The summed E-state index contributed by atoms with van der Waals surface area (Å²) in [4.78, 5) is 21.3. The van der Waals surface area contributed by atoms with Crippen LogP contribution in [0.5, 0.6) is 5.75 Å². The molecule has 0 saturated carbocycles. The van der Waals surface area contributed by atoms with E-state index in [1.807, 2.05) is 43.4 Å². The Hall–Kier alpha value is -2.44. The van der Waals surface area contributed by atoms with Crippen molar-refractivity contribution in [3.05, 3.63) is 59.9 Å². The van der Waals surface area contributed by atoms with Gasteiger partial charge in [0, 0.05) is 44.1 Å². The van der Waals surface area contributed by atoms with Crippen LogP contribution in [0.2, 0.25) is 0 Å². The molecular weight excluding hydrogens is 342 g/mol. The van der Waals surface area contributed by atoms with Gasteiger partial charge in [0.15, 0.2) is 0 Å². The molecule has 2 aromatic rings. The van der Waals surface area contributed by atoms with Crippen LogP contribution in [0.25, 0.3) is 0 Å². The van der Waals surface area contributed by atoms with Gasteiger partial charge in [-0.15, -0.1) is 0 Å². The maximum absolute atomic E-state index is 13.3. The smallest absolute Gasteiger partial charge is 0.230 e. The lowest BCUT2D eigenvalue weighted by atomic mass is 9.93. The molecule has 6 heteroatoms. The Bertz CT molecular complexity index is 753. The van der Waals surface area contributed by atoms with Gasteiger partial charge in [0.25, 0.3) is 0 Å². The molecule has 6 nitrogen and oxygen atoms in total. The van der Waals surface area contributed by atoms with E-state index in [9.17, 15) is 9.90 Å². The number of pyridine rings is 1. The summed E-state index contributed by atoms with van der Waals surface area (Å²) in [6.07, 6.45) is 3.46. The van der Waals surface area contributed by atoms with Gasteiger partial charge in [0.2, 0.25) is 5.91 Å². The molecule has 0 radical (unpaired) electrons. The number of para-hydroxylation sites is 1. The number of aromatic nitrogens is 1. The molecule has 1 aliphatic rings. The summed E-state index contributed by atoms with van der Waals surface area (Å²) >= 11 is 0. The molecule has 2 atom stereocenters. The first-order valence-corrected chi connectivity index (χ1v) is 9.24. The second-order valence-corrected chi connectivity index (χ2v) is 7.09. The molecular formula is C21H27N3O3. The van der Waals surface area contributed by atoms with E-state index in [2.05, 4.69) is 9.88 Å². The Labute approximate surface area is 160 Å². The molecule has 27 heavy (non-hydrogen) atoms. The van der Waals surface area contributed by atoms with Crippen LogP contribution in [0.1, 0.15) is 17.5 Å². The van der Waals surface area contributed by atoms with Crippen molar-refractivity contribution in [3.63, 3.8) is 0 Å². The molecule has 1 aromatic carbocycles. The zero-order valence-electron chi connectivity index (χ0n) is 15.9. The van der Waals surface area contributed by atoms with Gasteiger partial charge >= 0.3 is 0 Å². The first kappa shape index (κ1) is 19.3. The highest BCUT2D eigenvalue weighted by atomic mass is 16.5. The number of ether oxygens (including phenoxy) is 1. The minimum atomic E-state index is -0.605. The third kappa shape index (κ3) is 4.84. The molecule has 0 unspecified atom stereocenters. The highest BCUT2D eigenvalue weighted by Gasteiger charge is 2.35. The Balaban J connectivity index is 1.85. The summed E-state index contributed by atoms with van der Waals surface area (Å²) in [6, 6.07) is 11.5. The van der Waals surface area contributed by atoms with Gasteiger partial charge in [-0.25, -0.2) is 0 Å². The molecule has 1 aromatic heterocycles. The number of aliphatic hydroxyl groups excluding tert-OH is 1. The molecule has 0 bridgehead atoms. The third-order valence-electron chi connectivity index (χ3n) is 5.08. The van der Waals surface area contributed by atoms with Gasteiger partial charge in [0.05, 0.1) is 19.1 Å². The fourth-order valence-corrected chi connectivity index (χ4v) is 3.54. The molecule has 3 rings (SSSR count). The van der Waals surface area contributed by atoms with E-state index >= 15 is 0 Å². The van der Waals surface area contributed by atoms with E-state index in [0.717, 1.165) is 23.4 Å². The van der Waals surface area contributed by atoms with Crippen molar-refractivity contribution in [1.29, 1.82) is 0 Å². The van der Waals surface area contributed by atoms with Crippen molar-refractivity contribution in [1.82, 2.24) is 14.8 Å². The van der Waals surface area contributed by atoms with E-state index in [1.165, 1.54) is 0 Å². The maximum atomic E-state index is 13.3. The number of piperidine rings is 1. The predicted octanol–water partition coefficient (Wildman–Crippen LogP) is 1.93. The van der Waals surface area contributed by atoms with Crippen LogP contribution in [0.3, 0.4) is 0 Å². The number of hydrogen-bond donors (Lipinski definition) is 1. The van der Waals surface area contributed by atoms with Crippen molar-refractivity contribution in [3.8, 4) is 5.75 Å². The zero-order valence-corrected chi connectivity index (χ0v) is 15.9. The second-order valence-electron chi connectivity index (χ2n) is 7.09. The molecule has 1 amide bonds. The highest BCUT2D eigenvalue weighted by Crippen LogP contribution is 2.24. The van der Waals surface area contributed by atoms with Crippen molar-refractivity contribution < 1.29 is 14.6 Å². The zero-order chi connectivity index (χ0) is 19.2. The average molecular weight is 369 g/mol. The van der Waals surface area contributed by atoms with Crippen LogP contribution >= 0.6 is 0 Å². The number of benzene rings is 1. The molecule has 1 saturated heterocycles. The van der Waals surface area contributed by atoms with E-state index in [4.69, 9.17) is 4.74 Å². The van der Waals surface area contributed by atoms with Crippen molar-refractivity contribution in [2.45, 2.75) is 25.6 Å². The lowest BCUT2D eigenvalue weighted by molar-refractivity contribution is -0.143. The first-order chi connectivity index (χ1) is 13.1. The quantitative estimate of drug-likeness (QED) is 0.843. The summed E-state index contributed by atoms with van der Waals surface area (Å²) in [5.41, 5.74) is 1.95. The standard InChI is InChI=1S/C21H27N3O3/c1-23-12-9-19(25)18(15-23)21(26)24(13-16-7-10-22-11-8-16)14-17-5-3-4-6-20(17)27-2/h3-8,10-11,18-19,25H,9,12-15H2,1-2H3/t18-,19+/m1/s1. The normalized spacial score (nSPS) is 20.3. The minimum absolute atomic E-state index is 0.0308. The second kappa shape index (κ2) is 8.97. The van der Waals surface area contributed by atoms with E-state index in [1.54, 1.807) is 24.4 Å². The van der Waals surface area contributed by atoms with Gasteiger partial charge in [-0.3, -0.25) is 9.78 Å². The van der Waals surface area contributed by atoms with Crippen molar-refractivity contribution >= 4 is 5.91 Å². The number of aliphatic hydroxyl groups is 1. The van der Waals surface area contributed by atoms with Crippen LogP contribution < -0.4 is 4.74 Å². The van der Waals surface area contributed by atoms with E-state index in [-0.39, 0.29) is 5.91 Å². The number of rotatable bonds is 6. The minimum Gasteiger partial charge on any atom is -0.496 e. The number of methoxy groups -OCH3 is 1. The molecule has 1 fully saturated rings. The highest BCUT2D eigenvalue weighted by molar-refractivity contribution is 5.80. The van der Waals surface area contributed by atoms with Gasteiger partial charge < -0.3 is 19.6 Å². The molecule has 144 valence electrons. The fraction of sp³-hybridized carbons (Fsp3) is 0.429. The van der Waals surface area contributed by atoms with Crippen LogP contribution in [0, 0.1) is 5.92 Å². The number of amides is 1. The van der Waals surface area contributed by atoms with Crippen LogP contribution in [0.4, 0.5) is 0 Å². The van der Waals surface area contributed by atoms with Gasteiger partial charge in [0.1, 0.15) is 5.75 Å². The molecule has 1 N–H and O–H groups in total. The lowest BCUT2D eigenvalue weighted by Crippen LogP contribution is -2.49. The number of hydrogen-bond acceptors (Lipinski definition) is 5. The van der Waals surface area contributed by atoms with Crippen LogP contribution in [-0.2, 0) is 17.9 Å². The molecule has 0 aliphatic carbocycles. The van der Waals surface area contributed by atoms with Crippen LogP contribution in [-0.4, -0.2) is 59.1 Å². The summed E-state index contributed by atoms with van der Waals surface area (Å²) in [6.45, 7) is 2.27. The third-order valence-corrected chi connectivity index (χ3v) is 5.08. The Morgan fingerprint density at radius 3 is 2.74 bits per heavy atom. The van der Waals surface area contributed by atoms with Crippen molar-refractivity contribution in [2.24, 2.45) is 5.92 Å². The average Bonchev–Trinajstić information content (AvgIpc) is 2.70. The fourth-order valence-electron chi connectivity index (χ4n) is 3.54. The predicted molar refractivity (Wildman–Crippen MR) is 103 cm³/mol. The summed E-state index contributed by atoms with van der Waals surface area (Å²) in [5.74, 6) is 0.309. The molecule has 1 aliphatic heterocycles. The topological polar surface area (TPSA) is 65.9 Å². The summed E-state index contributed by atoms with van der Waals surface area (Å²) in [7, 11) is 3.62. The number of likely N-dealkylation sites (tertiary alicyclic amines) is 1. The molecule has 2 heterocycles. The van der Waals surface area contributed by atoms with E-state index in [0.29, 0.717) is 26.1 Å². The monoisotopic (exact) mass is 369 g/mol. The summed E-state index contributed by atoms with van der Waals surface area (Å²) < 4.78 is 5.45. The number of nitrogens with zero attached hydrogens (tertiary/aromatic N) is 3. The SMILES string of the molecule is COc1ccccc1CN(Cc1ccncc1)C(=O)[C@@H]1CN(C)CC[C@@H]1O. The largest absolute Gasteiger partial charge is 0.496 e. The van der Waals surface area contributed by atoms with Gasteiger partial charge in [-0.1, -0.05) is 18.2 Å². The van der Waals surface area contributed by atoms with E-state index < -0.39 is 12.0 Å². The summed E-state index contributed by atoms with van der Waals surface area (Å²) in [5, 5.41) is 10.4. The molecule has 0 spiro atoms. The first-order valence-electron chi connectivity index (χ1n) is 9.24.